The standard InChI is InChI=1S/C48H33N3OSi/c1-53(2)43-27-10-6-21-39(43)44-45(31-15-11-14-30(28-31)34-22-13-23-38-37-20-5-9-26-42(37)52-46(34)38)49-47(50-48(44)53)32-16-12-17-33(29-32)51-40-24-7-3-18-35(40)36-19-4-8-25-41(36)51/h3-29H,1-2H3. The smallest absolute Gasteiger partial charge is 0.159 e. The quantitative estimate of drug-likeness (QED) is 0.172. The zero-order valence-electron chi connectivity index (χ0n) is 29.3. The fourth-order valence-electron chi connectivity index (χ4n) is 8.67. The van der Waals surface area contributed by atoms with Crippen molar-refractivity contribution >= 4 is 62.3 Å². The molecule has 3 aromatic heterocycles. The normalized spacial score (nSPS) is 13.2. The second-order valence-electron chi connectivity index (χ2n) is 14.6. The van der Waals surface area contributed by atoms with Gasteiger partial charge < -0.3 is 8.98 Å². The second-order valence-corrected chi connectivity index (χ2v) is 18.8. The van der Waals surface area contributed by atoms with Crippen molar-refractivity contribution in [3.05, 3.63) is 164 Å². The third kappa shape index (κ3) is 4.41. The highest BCUT2D eigenvalue weighted by molar-refractivity contribution is 7.03. The Kier molecular flexibility index (Phi) is 6.37. The van der Waals surface area contributed by atoms with Gasteiger partial charge in [-0.2, -0.15) is 0 Å². The van der Waals surface area contributed by atoms with Gasteiger partial charge in [-0.3, -0.25) is 0 Å². The highest BCUT2D eigenvalue weighted by Crippen LogP contribution is 2.40. The molecule has 10 aromatic rings. The summed E-state index contributed by atoms with van der Waals surface area (Å²) >= 11 is 0. The van der Waals surface area contributed by atoms with Crippen molar-refractivity contribution in [3.63, 3.8) is 0 Å². The van der Waals surface area contributed by atoms with E-state index < -0.39 is 8.07 Å². The highest BCUT2D eigenvalue weighted by Gasteiger charge is 2.41. The molecule has 0 aliphatic carbocycles. The molecule has 0 radical (unpaired) electrons. The van der Waals surface area contributed by atoms with Crippen LogP contribution in [0.25, 0.3) is 94.3 Å². The lowest BCUT2D eigenvalue weighted by molar-refractivity contribution is 0.670. The number of para-hydroxylation sites is 4. The summed E-state index contributed by atoms with van der Waals surface area (Å²) in [5.41, 5.74) is 12.9. The topological polar surface area (TPSA) is 43.9 Å². The van der Waals surface area contributed by atoms with Crippen LogP contribution in [0.2, 0.25) is 13.1 Å². The third-order valence-electron chi connectivity index (χ3n) is 11.2. The molecule has 11 rings (SSSR count). The van der Waals surface area contributed by atoms with E-state index in [1.54, 1.807) is 0 Å². The van der Waals surface area contributed by atoms with E-state index in [0.717, 1.165) is 61.4 Å². The van der Waals surface area contributed by atoms with Gasteiger partial charge in [0, 0.05) is 54.8 Å². The van der Waals surface area contributed by atoms with Gasteiger partial charge in [0.2, 0.25) is 0 Å². The van der Waals surface area contributed by atoms with Crippen LogP contribution in [-0.2, 0) is 0 Å². The van der Waals surface area contributed by atoms with E-state index in [9.17, 15) is 0 Å². The third-order valence-corrected chi connectivity index (χ3v) is 14.5. The van der Waals surface area contributed by atoms with Crippen LogP contribution in [0.5, 0.6) is 0 Å². The fourth-order valence-corrected chi connectivity index (χ4v) is 11.6. The Morgan fingerprint density at radius 2 is 1.13 bits per heavy atom. The number of nitrogens with zero attached hydrogens (tertiary/aromatic N) is 3. The molecule has 0 unspecified atom stereocenters. The van der Waals surface area contributed by atoms with Crippen molar-refractivity contribution in [2.75, 3.05) is 0 Å². The van der Waals surface area contributed by atoms with Gasteiger partial charge in [0.15, 0.2) is 5.82 Å². The van der Waals surface area contributed by atoms with Gasteiger partial charge in [-0.15, -0.1) is 0 Å². The van der Waals surface area contributed by atoms with E-state index in [4.69, 9.17) is 14.4 Å². The summed E-state index contributed by atoms with van der Waals surface area (Å²) < 4.78 is 8.84. The van der Waals surface area contributed by atoms with E-state index in [1.807, 2.05) is 12.1 Å². The van der Waals surface area contributed by atoms with Crippen LogP contribution in [0.3, 0.4) is 0 Å². The van der Waals surface area contributed by atoms with Crippen LogP contribution < -0.4 is 10.5 Å². The highest BCUT2D eigenvalue weighted by atomic mass is 28.3. The first kappa shape index (κ1) is 30.1. The van der Waals surface area contributed by atoms with E-state index in [2.05, 4.69) is 169 Å². The maximum atomic E-state index is 6.48. The maximum Gasteiger partial charge on any atom is 0.159 e. The van der Waals surface area contributed by atoms with E-state index in [1.165, 1.54) is 43.4 Å². The molecule has 0 bridgehead atoms. The van der Waals surface area contributed by atoms with Gasteiger partial charge in [0.05, 0.1) is 16.7 Å². The number of hydrogen-bond donors (Lipinski definition) is 0. The summed E-state index contributed by atoms with van der Waals surface area (Å²) in [4.78, 5) is 11.0. The molecule has 0 saturated carbocycles. The van der Waals surface area contributed by atoms with Gasteiger partial charge in [0.25, 0.3) is 0 Å². The molecule has 4 nitrogen and oxygen atoms in total. The van der Waals surface area contributed by atoms with Crippen LogP contribution in [-0.4, -0.2) is 22.6 Å². The Morgan fingerprint density at radius 3 is 1.96 bits per heavy atom. The molecule has 0 amide bonds. The molecule has 0 N–H and O–H groups in total. The van der Waals surface area contributed by atoms with Gasteiger partial charge in [-0.05, 0) is 52.7 Å². The molecule has 0 fully saturated rings. The van der Waals surface area contributed by atoms with Crippen LogP contribution in [0.4, 0.5) is 0 Å². The predicted molar refractivity (Wildman–Crippen MR) is 222 cm³/mol. The first-order valence-corrected chi connectivity index (χ1v) is 21.2. The largest absolute Gasteiger partial charge is 0.455 e. The summed E-state index contributed by atoms with van der Waals surface area (Å²) in [5.74, 6) is 0.750. The number of aromatic nitrogens is 3. The van der Waals surface area contributed by atoms with Crippen molar-refractivity contribution < 1.29 is 4.42 Å². The zero-order chi connectivity index (χ0) is 35.3. The minimum atomic E-state index is -2.15. The van der Waals surface area contributed by atoms with E-state index in [-0.39, 0.29) is 0 Å². The number of benzene rings is 7. The summed E-state index contributed by atoms with van der Waals surface area (Å²) in [7, 11) is -2.15. The molecular formula is C48H33N3OSi. The van der Waals surface area contributed by atoms with Gasteiger partial charge >= 0.3 is 0 Å². The van der Waals surface area contributed by atoms with Crippen LogP contribution in [0.1, 0.15) is 0 Å². The SMILES string of the molecule is C[Si]1(C)c2ccccc2-c2c(-c3cccc(-c4cccc5c4oc4ccccc45)c3)nc(-c3cccc(-n4c5ccccc5c5ccccc54)c3)nc21. The van der Waals surface area contributed by atoms with Crippen molar-refractivity contribution in [2.45, 2.75) is 13.1 Å². The predicted octanol–water partition coefficient (Wildman–Crippen LogP) is 11.3. The molecule has 4 heterocycles. The van der Waals surface area contributed by atoms with Crippen LogP contribution >= 0.6 is 0 Å². The fraction of sp³-hybridized carbons (Fsp3) is 0.0417. The lowest BCUT2D eigenvalue weighted by Gasteiger charge is -2.19. The number of furan rings is 1. The van der Waals surface area contributed by atoms with Gasteiger partial charge in [0.1, 0.15) is 19.2 Å². The van der Waals surface area contributed by atoms with E-state index >= 15 is 0 Å². The Balaban J connectivity index is 1.13. The molecule has 7 aromatic carbocycles. The zero-order valence-corrected chi connectivity index (χ0v) is 30.3. The lowest BCUT2D eigenvalue weighted by atomic mass is 9.96. The molecule has 0 spiro atoms. The Morgan fingerprint density at radius 1 is 0.509 bits per heavy atom. The summed E-state index contributed by atoms with van der Waals surface area (Å²) in [6.45, 7) is 4.84. The molecule has 1 aliphatic rings. The Hall–Kier alpha value is -6.56. The minimum Gasteiger partial charge on any atom is -0.455 e. The molecule has 5 heteroatoms. The van der Waals surface area contributed by atoms with Crippen LogP contribution in [0, 0.1) is 0 Å². The average molecular weight is 696 g/mol. The maximum absolute atomic E-state index is 6.48. The van der Waals surface area contributed by atoms with Crippen molar-refractivity contribution in [1.29, 1.82) is 0 Å². The Bertz CT molecular complexity index is 3060. The number of fused-ring (bicyclic) bond motifs is 9. The summed E-state index contributed by atoms with van der Waals surface area (Å²) in [5, 5.41) is 7.33. The summed E-state index contributed by atoms with van der Waals surface area (Å²) in [6, 6.07) is 58.4. The lowest BCUT2D eigenvalue weighted by Crippen LogP contribution is -2.50. The molecular weight excluding hydrogens is 663 g/mol. The number of rotatable bonds is 4. The first-order valence-electron chi connectivity index (χ1n) is 18.2. The summed E-state index contributed by atoms with van der Waals surface area (Å²) in [6.07, 6.45) is 0. The minimum absolute atomic E-state index is 0.750. The van der Waals surface area contributed by atoms with Gasteiger partial charge in [-0.25, -0.2) is 9.97 Å². The van der Waals surface area contributed by atoms with Crippen molar-refractivity contribution in [3.8, 4) is 50.6 Å². The molecule has 0 saturated heterocycles. The van der Waals surface area contributed by atoms with Crippen LogP contribution in [0.15, 0.2) is 168 Å². The average Bonchev–Trinajstić information content (AvgIpc) is 3.83. The molecule has 1 aliphatic heterocycles. The van der Waals surface area contributed by atoms with E-state index in [0.29, 0.717) is 0 Å². The Labute approximate surface area is 307 Å². The molecule has 250 valence electrons. The number of hydrogen-bond acceptors (Lipinski definition) is 3. The monoisotopic (exact) mass is 695 g/mol. The molecule has 0 atom stereocenters. The first-order chi connectivity index (χ1) is 26.0. The van der Waals surface area contributed by atoms with Crippen molar-refractivity contribution in [1.82, 2.24) is 14.5 Å². The second kappa shape index (κ2) is 11.2. The van der Waals surface area contributed by atoms with Crippen molar-refractivity contribution in [2.24, 2.45) is 0 Å². The van der Waals surface area contributed by atoms with Gasteiger partial charge in [-0.1, -0.05) is 140 Å². The molecule has 53 heavy (non-hydrogen) atoms.